The van der Waals surface area contributed by atoms with Crippen molar-refractivity contribution in [3.63, 3.8) is 0 Å². The van der Waals surface area contributed by atoms with Crippen molar-refractivity contribution in [1.82, 2.24) is 10.6 Å². The van der Waals surface area contributed by atoms with Crippen LogP contribution < -0.4 is 10.6 Å². The van der Waals surface area contributed by atoms with E-state index < -0.39 is 11.6 Å². The summed E-state index contributed by atoms with van der Waals surface area (Å²) in [4.78, 5) is 24.9. The molecular formula is C17H34N2O3. The first kappa shape index (κ1) is 21.1. The maximum absolute atomic E-state index is 12.6. The zero-order chi connectivity index (χ0) is 17.5. The summed E-state index contributed by atoms with van der Waals surface area (Å²) in [6, 6.07) is -0.0360. The van der Waals surface area contributed by atoms with Gasteiger partial charge in [0.1, 0.15) is 6.10 Å². The number of methoxy groups -OCH3 is 1. The van der Waals surface area contributed by atoms with Crippen LogP contribution in [0, 0.1) is 5.92 Å². The number of rotatable bonds is 10. The molecule has 130 valence electrons. The van der Waals surface area contributed by atoms with Gasteiger partial charge in [-0.3, -0.25) is 9.59 Å². The second-order valence-electron chi connectivity index (χ2n) is 7.01. The molecule has 0 aliphatic rings. The Balaban J connectivity index is 4.96. The largest absolute Gasteiger partial charge is 0.374 e. The van der Waals surface area contributed by atoms with Crippen molar-refractivity contribution in [2.24, 2.45) is 5.92 Å². The van der Waals surface area contributed by atoms with Crippen LogP contribution in [0.5, 0.6) is 0 Å². The van der Waals surface area contributed by atoms with Gasteiger partial charge in [-0.05, 0) is 46.5 Å². The number of hydrogen-bond donors (Lipinski definition) is 2. The first-order valence-corrected chi connectivity index (χ1v) is 8.20. The smallest absolute Gasteiger partial charge is 0.237 e. The average Bonchev–Trinajstić information content (AvgIpc) is 2.43. The Hall–Kier alpha value is -0.940. The molecule has 0 aromatic carbocycles. The molecule has 0 bridgehead atoms. The van der Waals surface area contributed by atoms with Gasteiger partial charge in [0.2, 0.25) is 5.91 Å². The zero-order valence-corrected chi connectivity index (χ0v) is 15.4. The van der Waals surface area contributed by atoms with Crippen LogP contribution in [0.4, 0.5) is 0 Å². The van der Waals surface area contributed by atoms with E-state index in [1.807, 2.05) is 0 Å². The molecule has 0 fully saturated rings. The van der Waals surface area contributed by atoms with Crippen molar-refractivity contribution in [1.29, 1.82) is 0 Å². The lowest BCUT2D eigenvalue weighted by atomic mass is 9.93. The van der Waals surface area contributed by atoms with Crippen molar-refractivity contribution in [3.05, 3.63) is 0 Å². The quantitative estimate of drug-likeness (QED) is 0.649. The van der Waals surface area contributed by atoms with Crippen molar-refractivity contribution in [2.45, 2.75) is 85.0 Å². The number of nitrogens with one attached hydrogen (secondary N) is 2. The topological polar surface area (TPSA) is 67.4 Å². The van der Waals surface area contributed by atoms with E-state index in [4.69, 9.17) is 4.74 Å². The highest BCUT2D eigenvalue weighted by atomic mass is 16.5. The van der Waals surface area contributed by atoms with Crippen LogP contribution in [0.3, 0.4) is 0 Å². The fourth-order valence-electron chi connectivity index (χ4n) is 2.26. The highest BCUT2D eigenvalue weighted by Gasteiger charge is 2.35. The Morgan fingerprint density at radius 2 is 1.68 bits per heavy atom. The van der Waals surface area contributed by atoms with E-state index in [0.717, 1.165) is 12.8 Å². The van der Waals surface area contributed by atoms with Crippen LogP contribution in [0.25, 0.3) is 0 Å². The van der Waals surface area contributed by atoms with Gasteiger partial charge in [-0.2, -0.15) is 0 Å². The SMILES string of the molecule is CC[C@@H](C)NC(CC(C)C)C(=O)NC(C)(C)C(=O)C(C)OC. The fraction of sp³-hybridized carbons (Fsp3) is 0.882. The van der Waals surface area contributed by atoms with Crippen LogP contribution in [0.2, 0.25) is 0 Å². The number of ether oxygens (including phenoxy) is 1. The van der Waals surface area contributed by atoms with E-state index in [1.54, 1.807) is 20.8 Å². The van der Waals surface area contributed by atoms with Gasteiger partial charge >= 0.3 is 0 Å². The van der Waals surface area contributed by atoms with Gasteiger partial charge in [0.05, 0.1) is 11.6 Å². The molecule has 0 aliphatic heterocycles. The van der Waals surface area contributed by atoms with Crippen molar-refractivity contribution < 1.29 is 14.3 Å². The summed E-state index contributed by atoms with van der Waals surface area (Å²) in [6.45, 7) is 13.4. The lowest BCUT2D eigenvalue weighted by Gasteiger charge is -2.31. The second-order valence-corrected chi connectivity index (χ2v) is 7.01. The summed E-state index contributed by atoms with van der Waals surface area (Å²) < 4.78 is 5.07. The molecule has 1 amide bonds. The number of carbonyl (C=O) groups is 2. The molecule has 0 heterocycles. The summed E-state index contributed by atoms with van der Waals surface area (Å²) in [5.74, 6) is 0.134. The highest BCUT2D eigenvalue weighted by molar-refractivity contribution is 5.96. The van der Waals surface area contributed by atoms with Gasteiger partial charge in [-0.1, -0.05) is 20.8 Å². The minimum absolute atomic E-state index is 0.129. The summed E-state index contributed by atoms with van der Waals surface area (Å²) in [5, 5.41) is 6.22. The molecule has 0 aliphatic carbocycles. The average molecular weight is 314 g/mol. The summed E-state index contributed by atoms with van der Waals surface area (Å²) in [6.07, 6.45) is 1.15. The number of ketones is 1. The molecule has 0 saturated heterocycles. The van der Waals surface area contributed by atoms with Gasteiger partial charge in [0.15, 0.2) is 5.78 Å². The van der Waals surface area contributed by atoms with Crippen LogP contribution >= 0.6 is 0 Å². The van der Waals surface area contributed by atoms with Crippen molar-refractivity contribution in [2.75, 3.05) is 7.11 Å². The van der Waals surface area contributed by atoms with Crippen LogP contribution in [-0.4, -0.2) is 42.5 Å². The number of amides is 1. The monoisotopic (exact) mass is 314 g/mol. The Bertz CT molecular complexity index is 367. The number of hydrogen-bond acceptors (Lipinski definition) is 4. The lowest BCUT2D eigenvalue weighted by Crippen LogP contribution is -2.58. The molecule has 0 rings (SSSR count). The minimum atomic E-state index is -0.946. The Labute approximate surface area is 135 Å². The van der Waals surface area contributed by atoms with E-state index in [9.17, 15) is 9.59 Å². The molecule has 5 heteroatoms. The van der Waals surface area contributed by atoms with Gasteiger partial charge in [0, 0.05) is 13.2 Å². The Kier molecular flexibility index (Phi) is 8.86. The molecule has 22 heavy (non-hydrogen) atoms. The maximum atomic E-state index is 12.6. The third-order valence-electron chi connectivity index (χ3n) is 3.90. The first-order valence-electron chi connectivity index (χ1n) is 8.20. The molecule has 0 saturated carbocycles. The van der Waals surface area contributed by atoms with Gasteiger partial charge in [-0.15, -0.1) is 0 Å². The second kappa shape index (κ2) is 9.26. The van der Waals surface area contributed by atoms with E-state index in [0.29, 0.717) is 5.92 Å². The Morgan fingerprint density at radius 1 is 1.14 bits per heavy atom. The third kappa shape index (κ3) is 6.88. The standard InChI is InChI=1S/C17H34N2O3/c1-9-12(4)18-14(10-11(2)3)16(21)19-17(6,7)15(20)13(5)22-8/h11-14,18H,9-10H2,1-8H3,(H,19,21)/t12-,13?,14?/m1/s1. The van der Waals surface area contributed by atoms with Crippen LogP contribution in [0.1, 0.15) is 61.3 Å². The molecule has 0 aromatic heterocycles. The first-order chi connectivity index (χ1) is 10.0. The van der Waals surface area contributed by atoms with E-state index in [1.165, 1.54) is 7.11 Å². The maximum Gasteiger partial charge on any atom is 0.237 e. The summed E-state index contributed by atoms with van der Waals surface area (Å²) >= 11 is 0. The van der Waals surface area contributed by atoms with Crippen molar-refractivity contribution in [3.8, 4) is 0 Å². The molecule has 3 atom stereocenters. The Morgan fingerprint density at radius 3 is 2.09 bits per heavy atom. The summed E-state index contributed by atoms with van der Waals surface area (Å²) in [5.41, 5.74) is -0.946. The highest BCUT2D eigenvalue weighted by Crippen LogP contribution is 2.12. The zero-order valence-electron chi connectivity index (χ0n) is 15.4. The predicted octanol–water partition coefficient (Wildman–Crippen LogP) is 2.29. The van der Waals surface area contributed by atoms with Gasteiger partial charge in [-0.25, -0.2) is 0 Å². The number of Topliss-reactive ketones (excluding diaryl/α,β-unsaturated/α-hetero) is 1. The fourth-order valence-corrected chi connectivity index (χ4v) is 2.26. The van der Waals surface area contributed by atoms with Crippen molar-refractivity contribution >= 4 is 11.7 Å². The molecule has 0 aromatic rings. The van der Waals surface area contributed by atoms with E-state index >= 15 is 0 Å². The molecular weight excluding hydrogens is 280 g/mol. The normalized spacial score (nSPS) is 16.2. The van der Waals surface area contributed by atoms with Crippen LogP contribution in [-0.2, 0) is 14.3 Å². The molecule has 0 radical (unpaired) electrons. The molecule has 2 unspecified atom stereocenters. The molecule has 0 spiro atoms. The van der Waals surface area contributed by atoms with Gasteiger partial charge < -0.3 is 15.4 Å². The molecule has 5 nitrogen and oxygen atoms in total. The van der Waals surface area contributed by atoms with Gasteiger partial charge in [0.25, 0.3) is 0 Å². The lowest BCUT2D eigenvalue weighted by molar-refractivity contribution is -0.138. The van der Waals surface area contributed by atoms with Crippen LogP contribution in [0.15, 0.2) is 0 Å². The molecule has 2 N–H and O–H groups in total. The number of carbonyl (C=O) groups excluding carboxylic acids is 2. The van der Waals surface area contributed by atoms with E-state index in [-0.39, 0.29) is 23.8 Å². The third-order valence-corrected chi connectivity index (χ3v) is 3.90. The minimum Gasteiger partial charge on any atom is -0.374 e. The summed E-state index contributed by atoms with van der Waals surface area (Å²) in [7, 11) is 1.49. The predicted molar refractivity (Wildman–Crippen MR) is 89.8 cm³/mol. The van der Waals surface area contributed by atoms with E-state index in [2.05, 4.69) is 38.3 Å².